The minimum Gasteiger partial charge on any atom is -0.271 e. The van der Waals surface area contributed by atoms with Gasteiger partial charge in [0.25, 0.3) is 0 Å². The molecule has 0 radical (unpaired) electrons. The summed E-state index contributed by atoms with van der Waals surface area (Å²) in [4.78, 5) is 4.53. The Bertz CT molecular complexity index is 547. The molecule has 2 rings (SSSR count). The second-order valence-electron chi connectivity index (χ2n) is 4.72. The summed E-state index contributed by atoms with van der Waals surface area (Å²) < 4.78 is 2.01. The van der Waals surface area contributed by atoms with Crippen LogP contribution in [0.4, 0.5) is 0 Å². The number of aromatic nitrogens is 3. The summed E-state index contributed by atoms with van der Waals surface area (Å²) in [5.41, 5.74) is 7.02. The number of nitrogens with two attached hydrogens (primary N) is 1. The summed E-state index contributed by atoms with van der Waals surface area (Å²) in [6, 6.07) is 8.09. The largest absolute Gasteiger partial charge is 0.271 e. The van der Waals surface area contributed by atoms with E-state index >= 15 is 0 Å². The zero-order chi connectivity index (χ0) is 13.8. The lowest BCUT2D eigenvalue weighted by Crippen LogP contribution is -2.31. The van der Waals surface area contributed by atoms with Gasteiger partial charge in [-0.05, 0) is 39.0 Å². The maximum Gasteiger partial charge on any atom is 0.0687 e. The Labute approximate surface area is 113 Å². The first-order valence-electron chi connectivity index (χ1n) is 6.57. The number of nitrogens with one attached hydrogen (secondary N) is 1. The fraction of sp³-hybridized carbons (Fsp3) is 0.429. The quantitative estimate of drug-likeness (QED) is 0.633. The van der Waals surface area contributed by atoms with Crippen molar-refractivity contribution in [3.05, 3.63) is 47.0 Å². The lowest BCUT2D eigenvalue weighted by atomic mass is 10.1. The van der Waals surface area contributed by atoms with Gasteiger partial charge in [-0.25, -0.2) is 0 Å². The van der Waals surface area contributed by atoms with Crippen molar-refractivity contribution in [3.63, 3.8) is 0 Å². The van der Waals surface area contributed by atoms with E-state index in [9.17, 15) is 0 Å². The Hall–Kier alpha value is -1.72. The van der Waals surface area contributed by atoms with Crippen molar-refractivity contribution in [1.29, 1.82) is 0 Å². The monoisotopic (exact) mass is 259 g/mol. The predicted molar refractivity (Wildman–Crippen MR) is 75.4 cm³/mol. The van der Waals surface area contributed by atoms with Gasteiger partial charge >= 0.3 is 0 Å². The Morgan fingerprint density at radius 2 is 2.11 bits per heavy atom. The molecule has 19 heavy (non-hydrogen) atoms. The number of rotatable bonds is 5. The minimum atomic E-state index is 0.00120. The lowest BCUT2D eigenvalue weighted by molar-refractivity contribution is 0.506. The van der Waals surface area contributed by atoms with Crippen molar-refractivity contribution in [3.8, 4) is 0 Å². The highest BCUT2D eigenvalue weighted by Gasteiger charge is 2.15. The maximum atomic E-state index is 5.68. The first-order valence-corrected chi connectivity index (χ1v) is 6.57. The van der Waals surface area contributed by atoms with Crippen LogP contribution in [0.25, 0.3) is 0 Å². The number of aryl methyl sites for hydroxylation is 3. The van der Waals surface area contributed by atoms with Crippen LogP contribution >= 0.6 is 0 Å². The molecule has 1 unspecified atom stereocenters. The van der Waals surface area contributed by atoms with Crippen molar-refractivity contribution in [2.45, 2.75) is 39.8 Å². The van der Waals surface area contributed by atoms with E-state index in [0.29, 0.717) is 0 Å². The fourth-order valence-corrected chi connectivity index (χ4v) is 2.25. The summed E-state index contributed by atoms with van der Waals surface area (Å²) in [6.45, 7) is 6.94. The molecule has 0 aliphatic carbocycles. The van der Waals surface area contributed by atoms with Crippen LogP contribution in [0.1, 0.15) is 35.7 Å². The molecule has 0 aliphatic rings. The Morgan fingerprint density at radius 1 is 1.32 bits per heavy atom. The van der Waals surface area contributed by atoms with Crippen molar-refractivity contribution < 1.29 is 0 Å². The van der Waals surface area contributed by atoms with E-state index in [1.54, 1.807) is 0 Å². The third-order valence-corrected chi connectivity index (χ3v) is 3.17. The Kier molecular flexibility index (Phi) is 4.29. The molecule has 0 aliphatic heterocycles. The Morgan fingerprint density at radius 3 is 2.74 bits per heavy atom. The summed E-state index contributed by atoms with van der Waals surface area (Å²) in [5.74, 6) is 5.68. The van der Waals surface area contributed by atoms with E-state index in [2.05, 4.69) is 28.5 Å². The smallest absolute Gasteiger partial charge is 0.0687 e. The third kappa shape index (κ3) is 3.19. The first-order chi connectivity index (χ1) is 9.13. The molecule has 2 heterocycles. The van der Waals surface area contributed by atoms with Crippen molar-refractivity contribution in [1.82, 2.24) is 20.2 Å². The van der Waals surface area contributed by atoms with Gasteiger partial charge in [0.15, 0.2) is 0 Å². The molecule has 5 heteroatoms. The summed E-state index contributed by atoms with van der Waals surface area (Å²) >= 11 is 0. The molecule has 0 aromatic carbocycles. The molecule has 0 amide bonds. The van der Waals surface area contributed by atoms with E-state index in [1.807, 2.05) is 36.7 Å². The van der Waals surface area contributed by atoms with Crippen LogP contribution in [0.5, 0.6) is 0 Å². The van der Waals surface area contributed by atoms with E-state index in [4.69, 9.17) is 5.84 Å². The van der Waals surface area contributed by atoms with E-state index in [0.717, 1.165) is 30.0 Å². The molecular formula is C14H21N5. The molecule has 0 saturated carbocycles. The second kappa shape index (κ2) is 5.95. The molecule has 1 atom stereocenters. The first kappa shape index (κ1) is 13.7. The number of pyridine rings is 1. The number of hydrazine groups is 1. The molecule has 102 valence electrons. The van der Waals surface area contributed by atoms with Crippen molar-refractivity contribution in [2.75, 3.05) is 0 Å². The molecule has 0 fully saturated rings. The fourth-order valence-electron chi connectivity index (χ4n) is 2.25. The van der Waals surface area contributed by atoms with Crippen LogP contribution in [0.2, 0.25) is 0 Å². The summed E-state index contributed by atoms with van der Waals surface area (Å²) in [5, 5.41) is 4.46. The van der Waals surface area contributed by atoms with Gasteiger partial charge in [-0.2, -0.15) is 5.10 Å². The van der Waals surface area contributed by atoms with E-state index < -0.39 is 0 Å². The topological polar surface area (TPSA) is 68.8 Å². The molecular weight excluding hydrogens is 238 g/mol. The maximum absolute atomic E-state index is 5.68. The summed E-state index contributed by atoms with van der Waals surface area (Å²) in [6.07, 6.45) is 0.779. The predicted octanol–water partition coefficient (Wildman–Crippen LogP) is 1.66. The zero-order valence-corrected chi connectivity index (χ0v) is 11.7. The van der Waals surface area contributed by atoms with Gasteiger partial charge in [0, 0.05) is 24.4 Å². The van der Waals surface area contributed by atoms with Crippen molar-refractivity contribution >= 4 is 0 Å². The standard InChI is InChI=1S/C14H21N5/c1-4-19-12(8-11(3)18-19)9-14(17-15)13-7-5-6-10(2)16-13/h5-8,14,17H,4,9,15H2,1-3H3. The van der Waals surface area contributed by atoms with Crippen LogP contribution in [-0.4, -0.2) is 14.8 Å². The highest BCUT2D eigenvalue weighted by Crippen LogP contribution is 2.17. The van der Waals surface area contributed by atoms with Crippen LogP contribution < -0.4 is 11.3 Å². The number of hydrogen-bond acceptors (Lipinski definition) is 4. The average Bonchev–Trinajstić information content (AvgIpc) is 2.76. The lowest BCUT2D eigenvalue weighted by Gasteiger charge is -2.16. The van der Waals surface area contributed by atoms with Gasteiger partial charge < -0.3 is 0 Å². The summed E-state index contributed by atoms with van der Waals surface area (Å²) in [7, 11) is 0. The van der Waals surface area contributed by atoms with Gasteiger partial charge in [0.1, 0.15) is 0 Å². The molecule has 2 aromatic heterocycles. The molecule has 5 nitrogen and oxygen atoms in total. The van der Waals surface area contributed by atoms with Crippen LogP contribution in [0.15, 0.2) is 24.3 Å². The van der Waals surface area contributed by atoms with Gasteiger partial charge in [-0.1, -0.05) is 6.07 Å². The van der Waals surface area contributed by atoms with Gasteiger partial charge in [-0.15, -0.1) is 0 Å². The second-order valence-corrected chi connectivity index (χ2v) is 4.72. The van der Waals surface area contributed by atoms with Gasteiger partial charge in [0.2, 0.25) is 0 Å². The van der Waals surface area contributed by atoms with Crippen LogP contribution in [0.3, 0.4) is 0 Å². The zero-order valence-electron chi connectivity index (χ0n) is 11.7. The number of nitrogens with zero attached hydrogens (tertiary/aromatic N) is 3. The van der Waals surface area contributed by atoms with Crippen molar-refractivity contribution in [2.24, 2.45) is 5.84 Å². The molecule has 3 N–H and O–H groups in total. The van der Waals surface area contributed by atoms with Crippen LogP contribution in [-0.2, 0) is 13.0 Å². The molecule has 0 bridgehead atoms. The molecule has 0 saturated heterocycles. The third-order valence-electron chi connectivity index (χ3n) is 3.17. The van der Waals surface area contributed by atoms with E-state index in [1.165, 1.54) is 5.69 Å². The number of hydrogen-bond donors (Lipinski definition) is 2. The Balaban J connectivity index is 2.23. The minimum absolute atomic E-state index is 0.00120. The SMILES string of the molecule is CCn1nc(C)cc1CC(NN)c1cccc(C)n1. The van der Waals surface area contributed by atoms with E-state index in [-0.39, 0.29) is 6.04 Å². The molecule has 0 spiro atoms. The highest BCUT2D eigenvalue weighted by atomic mass is 15.3. The normalized spacial score (nSPS) is 12.6. The van der Waals surface area contributed by atoms with Gasteiger partial charge in [-0.3, -0.25) is 20.9 Å². The van der Waals surface area contributed by atoms with Gasteiger partial charge in [0.05, 0.1) is 17.4 Å². The average molecular weight is 259 g/mol. The molecule has 2 aromatic rings. The van der Waals surface area contributed by atoms with Crippen LogP contribution in [0, 0.1) is 13.8 Å². The highest BCUT2D eigenvalue weighted by molar-refractivity contribution is 5.17.